The van der Waals surface area contributed by atoms with Crippen LogP contribution in [0.4, 0.5) is 5.69 Å². The molecule has 2 rings (SSSR count). The molecule has 1 aromatic rings. The third-order valence-electron chi connectivity index (χ3n) is 2.68. The van der Waals surface area contributed by atoms with E-state index in [0.717, 1.165) is 12.8 Å². The number of amides is 1. The normalized spacial score (nSPS) is 16.5. The zero-order chi connectivity index (χ0) is 12.1. The highest BCUT2D eigenvalue weighted by atomic mass is 16.5. The van der Waals surface area contributed by atoms with Crippen molar-refractivity contribution in [3.8, 4) is 0 Å². The van der Waals surface area contributed by atoms with Crippen molar-refractivity contribution < 1.29 is 14.7 Å². The van der Waals surface area contributed by atoms with Crippen LogP contribution in [0.1, 0.15) is 23.3 Å². The summed E-state index contributed by atoms with van der Waals surface area (Å²) in [6.07, 6.45) is 3.12. The first-order valence-electron chi connectivity index (χ1n) is 5.54. The van der Waals surface area contributed by atoms with Gasteiger partial charge in [0.15, 0.2) is 0 Å². The Morgan fingerprint density at radius 2 is 2.24 bits per heavy atom. The Balaban J connectivity index is 1.98. The van der Waals surface area contributed by atoms with E-state index in [1.54, 1.807) is 6.07 Å². The third-order valence-corrected chi connectivity index (χ3v) is 2.68. The largest absolute Gasteiger partial charge is 0.381 e. The SMILES string of the molecule is O=C(NC1CCOCC1)c1cc(NO)ccn1. The second kappa shape index (κ2) is 5.60. The molecule has 0 aromatic carbocycles. The Hall–Kier alpha value is -1.66. The molecule has 1 aliphatic heterocycles. The van der Waals surface area contributed by atoms with E-state index in [4.69, 9.17) is 9.94 Å². The van der Waals surface area contributed by atoms with E-state index in [0.29, 0.717) is 18.9 Å². The molecule has 2 heterocycles. The first-order chi connectivity index (χ1) is 8.29. The van der Waals surface area contributed by atoms with Crippen molar-refractivity contribution in [1.82, 2.24) is 10.3 Å². The smallest absolute Gasteiger partial charge is 0.270 e. The van der Waals surface area contributed by atoms with Crippen molar-refractivity contribution in [3.05, 3.63) is 24.0 Å². The van der Waals surface area contributed by atoms with Gasteiger partial charge in [0.05, 0.1) is 5.69 Å². The summed E-state index contributed by atoms with van der Waals surface area (Å²) in [6.45, 7) is 1.35. The summed E-state index contributed by atoms with van der Waals surface area (Å²) in [4.78, 5) is 15.8. The van der Waals surface area contributed by atoms with Crippen LogP contribution in [-0.4, -0.2) is 35.4 Å². The van der Waals surface area contributed by atoms with Gasteiger partial charge in [-0.25, -0.2) is 0 Å². The monoisotopic (exact) mass is 237 g/mol. The molecule has 1 fully saturated rings. The molecule has 1 aliphatic rings. The van der Waals surface area contributed by atoms with Crippen molar-refractivity contribution in [3.63, 3.8) is 0 Å². The number of aromatic nitrogens is 1. The average molecular weight is 237 g/mol. The standard InChI is InChI=1S/C11H15N3O3/c15-11(13-8-2-5-17-6-3-8)10-7-9(14-16)1-4-12-10/h1,4,7-8,16H,2-3,5-6H2,(H,12,14)(H,13,15). The van der Waals surface area contributed by atoms with E-state index in [9.17, 15) is 4.79 Å². The molecule has 6 nitrogen and oxygen atoms in total. The molecule has 1 aromatic heterocycles. The number of nitrogens with zero attached hydrogens (tertiary/aromatic N) is 1. The molecule has 0 bridgehead atoms. The van der Waals surface area contributed by atoms with E-state index >= 15 is 0 Å². The summed E-state index contributed by atoms with van der Waals surface area (Å²) in [5.74, 6) is -0.228. The average Bonchev–Trinajstić information content (AvgIpc) is 2.40. The Labute approximate surface area is 99.0 Å². The zero-order valence-electron chi connectivity index (χ0n) is 9.35. The van der Waals surface area contributed by atoms with Gasteiger partial charge < -0.3 is 10.1 Å². The Bertz CT molecular complexity index is 391. The highest BCUT2D eigenvalue weighted by Gasteiger charge is 2.17. The molecule has 92 valence electrons. The molecule has 0 saturated carbocycles. The fraction of sp³-hybridized carbons (Fsp3) is 0.455. The quantitative estimate of drug-likeness (QED) is 0.677. The molecule has 0 aliphatic carbocycles. The number of carbonyl (C=O) groups is 1. The Morgan fingerprint density at radius 3 is 2.94 bits per heavy atom. The van der Waals surface area contributed by atoms with E-state index in [2.05, 4.69) is 10.3 Å². The van der Waals surface area contributed by atoms with Crippen LogP contribution >= 0.6 is 0 Å². The van der Waals surface area contributed by atoms with Crippen molar-refractivity contribution in [2.75, 3.05) is 18.7 Å². The van der Waals surface area contributed by atoms with E-state index in [1.165, 1.54) is 12.3 Å². The minimum absolute atomic E-state index is 0.142. The number of carbonyl (C=O) groups excluding carboxylic acids is 1. The highest BCUT2D eigenvalue weighted by molar-refractivity contribution is 5.93. The molecule has 1 saturated heterocycles. The van der Waals surface area contributed by atoms with Crippen LogP contribution in [0.5, 0.6) is 0 Å². The van der Waals surface area contributed by atoms with Crippen LogP contribution < -0.4 is 10.8 Å². The first-order valence-corrected chi connectivity index (χ1v) is 5.54. The van der Waals surface area contributed by atoms with Crippen LogP contribution in [0, 0.1) is 0 Å². The van der Waals surface area contributed by atoms with Crippen molar-refractivity contribution in [1.29, 1.82) is 0 Å². The topological polar surface area (TPSA) is 83.5 Å². The molecule has 0 spiro atoms. The maximum absolute atomic E-state index is 11.9. The number of nitrogens with one attached hydrogen (secondary N) is 2. The maximum atomic E-state index is 11.9. The van der Waals surface area contributed by atoms with Crippen LogP contribution in [0.25, 0.3) is 0 Å². The van der Waals surface area contributed by atoms with Gasteiger partial charge in [0.2, 0.25) is 0 Å². The number of rotatable bonds is 3. The number of hydrogen-bond donors (Lipinski definition) is 3. The summed E-state index contributed by atoms with van der Waals surface area (Å²) >= 11 is 0. The van der Waals surface area contributed by atoms with Gasteiger partial charge in [-0.15, -0.1) is 0 Å². The fourth-order valence-corrected chi connectivity index (χ4v) is 1.73. The minimum atomic E-state index is -0.228. The molecular formula is C11H15N3O3. The second-order valence-electron chi connectivity index (χ2n) is 3.90. The fourth-order valence-electron chi connectivity index (χ4n) is 1.73. The number of pyridine rings is 1. The van der Waals surface area contributed by atoms with Gasteiger partial charge >= 0.3 is 0 Å². The van der Waals surface area contributed by atoms with E-state index < -0.39 is 0 Å². The molecule has 1 amide bonds. The zero-order valence-corrected chi connectivity index (χ0v) is 9.35. The van der Waals surface area contributed by atoms with Crippen LogP contribution in [0.2, 0.25) is 0 Å². The molecular weight excluding hydrogens is 222 g/mol. The number of ether oxygens (including phenoxy) is 1. The lowest BCUT2D eigenvalue weighted by Crippen LogP contribution is -2.39. The molecule has 3 N–H and O–H groups in total. The summed E-state index contributed by atoms with van der Waals surface area (Å²) in [5, 5.41) is 11.6. The summed E-state index contributed by atoms with van der Waals surface area (Å²) in [5.41, 5.74) is 2.72. The Kier molecular flexibility index (Phi) is 3.89. The predicted octanol–water partition coefficient (Wildman–Crippen LogP) is 0.791. The van der Waals surface area contributed by atoms with Crippen molar-refractivity contribution >= 4 is 11.6 Å². The molecule has 17 heavy (non-hydrogen) atoms. The number of hydrogen-bond acceptors (Lipinski definition) is 5. The minimum Gasteiger partial charge on any atom is -0.381 e. The van der Waals surface area contributed by atoms with Crippen LogP contribution in [0.15, 0.2) is 18.3 Å². The first kappa shape index (κ1) is 11.8. The van der Waals surface area contributed by atoms with Gasteiger partial charge in [-0.2, -0.15) is 0 Å². The molecule has 6 heteroatoms. The lowest BCUT2D eigenvalue weighted by atomic mass is 10.1. The van der Waals surface area contributed by atoms with E-state index in [-0.39, 0.29) is 17.6 Å². The van der Waals surface area contributed by atoms with Crippen molar-refractivity contribution in [2.24, 2.45) is 0 Å². The third kappa shape index (κ3) is 3.15. The molecule has 0 radical (unpaired) electrons. The summed E-state index contributed by atoms with van der Waals surface area (Å²) in [7, 11) is 0. The lowest BCUT2D eigenvalue weighted by molar-refractivity contribution is 0.0694. The van der Waals surface area contributed by atoms with E-state index in [1.807, 2.05) is 5.48 Å². The van der Waals surface area contributed by atoms with Gasteiger partial charge in [0, 0.05) is 25.5 Å². The second-order valence-corrected chi connectivity index (χ2v) is 3.90. The van der Waals surface area contributed by atoms with Gasteiger partial charge in [-0.3, -0.25) is 20.5 Å². The van der Waals surface area contributed by atoms with Crippen molar-refractivity contribution in [2.45, 2.75) is 18.9 Å². The molecule has 0 atom stereocenters. The molecule has 0 unspecified atom stereocenters. The predicted molar refractivity (Wildman–Crippen MR) is 61.0 cm³/mol. The van der Waals surface area contributed by atoms with Gasteiger partial charge in [0.1, 0.15) is 5.69 Å². The Morgan fingerprint density at radius 1 is 1.47 bits per heavy atom. The summed E-state index contributed by atoms with van der Waals surface area (Å²) < 4.78 is 5.21. The van der Waals surface area contributed by atoms with Crippen LogP contribution in [-0.2, 0) is 4.74 Å². The maximum Gasteiger partial charge on any atom is 0.270 e. The number of anilines is 1. The lowest BCUT2D eigenvalue weighted by Gasteiger charge is -2.22. The van der Waals surface area contributed by atoms with Gasteiger partial charge in [-0.05, 0) is 25.0 Å². The highest BCUT2D eigenvalue weighted by Crippen LogP contribution is 2.09. The summed E-state index contributed by atoms with van der Waals surface area (Å²) in [6, 6.07) is 3.21. The van der Waals surface area contributed by atoms with Gasteiger partial charge in [-0.1, -0.05) is 0 Å². The van der Waals surface area contributed by atoms with Crippen LogP contribution in [0.3, 0.4) is 0 Å². The van der Waals surface area contributed by atoms with Gasteiger partial charge in [0.25, 0.3) is 5.91 Å².